The van der Waals surface area contributed by atoms with Gasteiger partial charge in [-0.05, 0) is 30.0 Å². The second-order valence-corrected chi connectivity index (χ2v) is 4.86. The molecule has 6 nitrogen and oxygen atoms in total. The lowest BCUT2D eigenvalue weighted by molar-refractivity contribution is 0.0692. The number of anilines is 1. The molecular formula is C12H12N4O2S. The molecule has 0 radical (unpaired) electrons. The predicted molar refractivity (Wildman–Crippen MR) is 71.7 cm³/mol. The fraction of sp³-hybridized carbons (Fsp3) is 0.167. The van der Waals surface area contributed by atoms with Gasteiger partial charge in [-0.3, -0.25) is 0 Å². The van der Waals surface area contributed by atoms with Crippen LogP contribution in [-0.2, 0) is 0 Å². The maximum Gasteiger partial charge on any atom is 0.338 e. The molecule has 0 atom stereocenters. The van der Waals surface area contributed by atoms with Crippen molar-refractivity contribution in [3.05, 3.63) is 36.2 Å². The molecule has 2 heterocycles. The Labute approximate surface area is 114 Å². The van der Waals surface area contributed by atoms with Crippen molar-refractivity contribution in [3.8, 4) is 0 Å². The average Bonchev–Trinajstić information content (AvgIpc) is 2.39. The van der Waals surface area contributed by atoms with E-state index in [1.807, 2.05) is 14.1 Å². The van der Waals surface area contributed by atoms with Crippen molar-refractivity contribution in [1.29, 1.82) is 0 Å². The van der Waals surface area contributed by atoms with Gasteiger partial charge in [-0.2, -0.15) is 0 Å². The number of aromatic carboxylic acids is 1. The van der Waals surface area contributed by atoms with E-state index in [1.54, 1.807) is 29.4 Å². The smallest absolute Gasteiger partial charge is 0.338 e. The Bertz CT molecular complexity index is 604. The number of nitrogens with zero attached hydrogens (tertiary/aromatic N) is 4. The third-order valence-corrected chi connectivity index (χ3v) is 3.18. The van der Waals surface area contributed by atoms with Gasteiger partial charge >= 0.3 is 5.97 Å². The van der Waals surface area contributed by atoms with Gasteiger partial charge in [-0.25, -0.2) is 19.7 Å². The molecule has 7 heteroatoms. The fourth-order valence-corrected chi connectivity index (χ4v) is 2.17. The standard InChI is InChI=1S/C12H12N4O2S/c1-16(2)12-14-7-5-9(15-12)19-10-8(11(17)18)4-3-6-13-10/h3-7H,1-2H3,(H,17,18). The molecule has 0 aliphatic heterocycles. The summed E-state index contributed by atoms with van der Waals surface area (Å²) < 4.78 is 0. The molecule has 0 saturated heterocycles. The van der Waals surface area contributed by atoms with Crippen LogP contribution in [0.5, 0.6) is 0 Å². The first-order chi connectivity index (χ1) is 9.08. The summed E-state index contributed by atoms with van der Waals surface area (Å²) in [6.45, 7) is 0. The quantitative estimate of drug-likeness (QED) is 0.853. The molecule has 0 saturated carbocycles. The summed E-state index contributed by atoms with van der Waals surface area (Å²) in [7, 11) is 3.68. The molecule has 0 amide bonds. The van der Waals surface area contributed by atoms with E-state index in [9.17, 15) is 4.79 Å². The Morgan fingerprint density at radius 2 is 2.05 bits per heavy atom. The van der Waals surface area contributed by atoms with E-state index in [0.29, 0.717) is 16.0 Å². The van der Waals surface area contributed by atoms with Crippen molar-refractivity contribution in [3.63, 3.8) is 0 Å². The summed E-state index contributed by atoms with van der Waals surface area (Å²) in [5, 5.41) is 10.2. The molecular weight excluding hydrogens is 264 g/mol. The first kappa shape index (κ1) is 13.3. The lowest BCUT2D eigenvalue weighted by Crippen LogP contribution is -2.12. The van der Waals surface area contributed by atoms with E-state index in [-0.39, 0.29) is 5.56 Å². The van der Waals surface area contributed by atoms with E-state index in [4.69, 9.17) is 5.11 Å². The second-order valence-electron chi connectivity index (χ2n) is 3.85. The van der Waals surface area contributed by atoms with Crippen LogP contribution in [0.2, 0.25) is 0 Å². The predicted octanol–water partition coefficient (Wildman–Crippen LogP) is 1.79. The molecule has 2 aromatic heterocycles. The van der Waals surface area contributed by atoms with Gasteiger partial charge < -0.3 is 10.0 Å². The van der Waals surface area contributed by atoms with Crippen LogP contribution in [0.15, 0.2) is 40.6 Å². The van der Waals surface area contributed by atoms with Crippen LogP contribution >= 0.6 is 11.8 Å². The third kappa shape index (κ3) is 3.19. The van der Waals surface area contributed by atoms with E-state index in [0.717, 1.165) is 0 Å². The van der Waals surface area contributed by atoms with Gasteiger partial charge in [0.05, 0.1) is 5.56 Å². The van der Waals surface area contributed by atoms with Crippen LogP contribution in [-0.4, -0.2) is 40.1 Å². The monoisotopic (exact) mass is 276 g/mol. The molecule has 0 aliphatic carbocycles. The minimum absolute atomic E-state index is 0.164. The Hall–Kier alpha value is -2.15. The lowest BCUT2D eigenvalue weighted by atomic mass is 10.3. The second kappa shape index (κ2) is 5.66. The zero-order valence-corrected chi connectivity index (χ0v) is 11.3. The molecule has 2 aromatic rings. The molecule has 19 heavy (non-hydrogen) atoms. The van der Waals surface area contributed by atoms with E-state index in [1.165, 1.54) is 17.8 Å². The van der Waals surface area contributed by atoms with Crippen molar-refractivity contribution in [2.75, 3.05) is 19.0 Å². The van der Waals surface area contributed by atoms with Crippen molar-refractivity contribution in [2.45, 2.75) is 10.1 Å². The van der Waals surface area contributed by atoms with Crippen LogP contribution in [0.25, 0.3) is 0 Å². The summed E-state index contributed by atoms with van der Waals surface area (Å²) in [6, 6.07) is 4.84. The maximum absolute atomic E-state index is 11.1. The summed E-state index contributed by atoms with van der Waals surface area (Å²) in [5.41, 5.74) is 0.164. The maximum atomic E-state index is 11.1. The third-order valence-electron chi connectivity index (χ3n) is 2.22. The van der Waals surface area contributed by atoms with Gasteiger partial charge in [0.1, 0.15) is 10.1 Å². The topological polar surface area (TPSA) is 79.2 Å². The highest BCUT2D eigenvalue weighted by molar-refractivity contribution is 7.99. The summed E-state index contributed by atoms with van der Waals surface area (Å²) >= 11 is 1.20. The number of aromatic nitrogens is 3. The van der Waals surface area contributed by atoms with Crippen LogP contribution in [0, 0.1) is 0 Å². The SMILES string of the molecule is CN(C)c1nccc(Sc2ncccc2C(=O)O)n1. The Balaban J connectivity index is 2.31. The van der Waals surface area contributed by atoms with Crippen molar-refractivity contribution < 1.29 is 9.90 Å². The van der Waals surface area contributed by atoms with Crippen molar-refractivity contribution in [2.24, 2.45) is 0 Å². The number of hydrogen-bond donors (Lipinski definition) is 1. The van der Waals surface area contributed by atoms with Crippen molar-refractivity contribution in [1.82, 2.24) is 15.0 Å². The first-order valence-corrected chi connectivity index (χ1v) is 6.26. The highest BCUT2D eigenvalue weighted by Gasteiger charge is 2.13. The molecule has 0 aliphatic rings. The average molecular weight is 276 g/mol. The van der Waals surface area contributed by atoms with E-state index < -0.39 is 5.97 Å². The lowest BCUT2D eigenvalue weighted by Gasteiger charge is -2.10. The minimum Gasteiger partial charge on any atom is -0.478 e. The minimum atomic E-state index is -1.00. The van der Waals surface area contributed by atoms with Crippen molar-refractivity contribution >= 4 is 23.7 Å². The normalized spacial score (nSPS) is 10.2. The number of rotatable bonds is 4. The zero-order valence-electron chi connectivity index (χ0n) is 10.4. The molecule has 0 aromatic carbocycles. The van der Waals surface area contributed by atoms with Crippen LogP contribution in [0.3, 0.4) is 0 Å². The van der Waals surface area contributed by atoms with Crippen LogP contribution < -0.4 is 4.90 Å². The van der Waals surface area contributed by atoms with Crippen LogP contribution in [0.4, 0.5) is 5.95 Å². The highest BCUT2D eigenvalue weighted by Crippen LogP contribution is 2.27. The first-order valence-electron chi connectivity index (χ1n) is 5.44. The molecule has 0 unspecified atom stereocenters. The summed E-state index contributed by atoms with van der Waals surface area (Å²) in [4.78, 5) is 25.4. The number of hydrogen-bond acceptors (Lipinski definition) is 6. The summed E-state index contributed by atoms with van der Waals surface area (Å²) in [6.07, 6.45) is 3.19. The van der Waals surface area contributed by atoms with Gasteiger partial charge in [0.25, 0.3) is 0 Å². The zero-order chi connectivity index (χ0) is 13.8. The summed E-state index contributed by atoms with van der Waals surface area (Å²) in [5.74, 6) is -0.435. The molecule has 98 valence electrons. The molecule has 0 fully saturated rings. The number of pyridine rings is 1. The molecule has 2 rings (SSSR count). The number of carboxylic acids is 1. The molecule has 0 spiro atoms. The van der Waals surface area contributed by atoms with E-state index >= 15 is 0 Å². The molecule has 1 N–H and O–H groups in total. The Kier molecular flexibility index (Phi) is 3.96. The fourth-order valence-electron chi connectivity index (χ4n) is 1.34. The van der Waals surface area contributed by atoms with Gasteiger partial charge in [0, 0.05) is 26.5 Å². The van der Waals surface area contributed by atoms with E-state index in [2.05, 4.69) is 15.0 Å². The van der Waals surface area contributed by atoms with Crippen LogP contribution in [0.1, 0.15) is 10.4 Å². The van der Waals surface area contributed by atoms with Gasteiger partial charge in [-0.1, -0.05) is 0 Å². The number of carbonyl (C=O) groups is 1. The highest BCUT2D eigenvalue weighted by atomic mass is 32.2. The van der Waals surface area contributed by atoms with Gasteiger partial charge in [-0.15, -0.1) is 0 Å². The van der Waals surface area contributed by atoms with Gasteiger partial charge in [0.15, 0.2) is 0 Å². The number of carboxylic acid groups (broad SMARTS) is 1. The van der Waals surface area contributed by atoms with Gasteiger partial charge in [0.2, 0.25) is 5.95 Å². The Morgan fingerprint density at radius 3 is 2.74 bits per heavy atom. The molecule has 0 bridgehead atoms. The Morgan fingerprint density at radius 1 is 1.26 bits per heavy atom. The largest absolute Gasteiger partial charge is 0.478 e.